The van der Waals surface area contributed by atoms with Crippen molar-refractivity contribution in [3.8, 4) is 11.1 Å². The lowest BCUT2D eigenvalue weighted by atomic mass is 9.95. The highest BCUT2D eigenvalue weighted by molar-refractivity contribution is 5.95. The number of aryl methyl sites for hydroxylation is 1. The topological polar surface area (TPSA) is 122 Å². The van der Waals surface area contributed by atoms with Crippen LogP contribution in [0.15, 0.2) is 60.7 Å². The molecule has 3 aromatic rings. The van der Waals surface area contributed by atoms with Crippen LogP contribution in [0.5, 0.6) is 0 Å². The van der Waals surface area contributed by atoms with Gasteiger partial charge in [0.2, 0.25) is 0 Å². The second kappa shape index (κ2) is 9.91. The van der Waals surface area contributed by atoms with Crippen LogP contribution in [-0.4, -0.2) is 43.9 Å². The first-order chi connectivity index (χ1) is 15.2. The predicted molar refractivity (Wildman–Crippen MR) is 118 cm³/mol. The molecule has 1 aromatic heterocycles. The third-order valence-corrected chi connectivity index (χ3v) is 5.27. The van der Waals surface area contributed by atoms with Crippen molar-refractivity contribution in [3.05, 3.63) is 77.6 Å². The SMILES string of the molecule is C[C@H](C[C@@H](Cc1ccc(-c2ccccc2)cc1)NC(=O)c1cc(C(=O)O)n(C)n1)C(=O)O. The third-order valence-electron chi connectivity index (χ3n) is 5.27. The van der Waals surface area contributed by atoms with E-state index < -0.39 is 29.8 Å². The number of aromatic nitrogens is 2. The van der Waals surface area contributed by atoms with Gasteiger partial charge in [-0.3, -0.25) is 14.3 Å². The van der Waals surface area contributed by atoms with E-state index in [0.717, 1.165) is 21.4 Å². The number of benzene rings is 2. The molecule has 0 saturated carbocycles. The first-order valence-electron chi connectivity index (χ1n) is 10.2. The van der Waals surface area contributed by atoms with E-state index in [1.807, 2.05) is 54.6 Å². The van der Waals surface area contributed by atoms with Gasteiger partial charge in [-0.25, -0.2) is 4.79 Å². The Bertz CT molecular complexity index is 1110. The van der Waals surface area contributed by atoms with Crippen LogP contribution >= 0.6 is 0 Å². The standard InChI is InChI=1S/C24H25N3O5/c1-15(23(29)30)12-19(25-22(28)20-14-21(24(31)32)27(2)26-20)13-16-8-10-18(11-9-16)17-6-4-3-5-7-17/h3-11,14-15,19H,12-13H2,1-2H3,(H,25,28)(H,29,30)(H,31,32)/t15-,19+/m1/s1. The fourth-order valence-corrected chi connectivity index (χ4v) is 3.51. The Balaban J connectivity index is 1.76. The molecule has 0 saturated heterocycles. The highest BCUT2D eigenvalue weighted by Gasteiger charge is 2.23. The molecular formula is C24H25N3O5. The molecule has 1 heterocycles. The van der Waals surface area contributed by atoms with Crippen LogP contribution in [0.1, 0.15) is 39.9 Å². The minimum Gasteiger partial charge on any atom is -0.481 e. The first-order valence-corrected chi connectivity index (χ1v) is 10.2. The summed E-state index contributed by atoms with van der Waals surface area (Å²) in [5.41, 5.74) is 2.95. The minimum absolute atomic E-state index is 0.0303. The summed E-state index contributed by atoms with van der Waals surface area (Å²) in [5.74, 6) is -3.35. The van der Waals surface area contributed by atoms with E-state index in [1.54, 1.807) is 6.92 Å². The average Bonchev–Trinajstić information content (AvgIpc) is 3.17. The molecule has 3 N–H and O–H groups in total. The summed E-state index contributed by atoms with van der Waals surface area (Å²) in [6.45, 7) is 1.59. The minimum atomic E-state index is -1.19. The lowest BCUT2D eigenvalue weighted by Crippen LogP contribution is -2.38. The molecule has 0 aliphatic heterocycles. The van der Waals surface area contributed by atoms with Crippen LogP contribution < -0.4 is 5.32 Å². The maximum atomic E-state index is 12.7. The number of nitrogens with zero attached hydrogens (tertiary/aromatic N) is 2. The molecule has 0 radical (unpaired) electrons. The van der Waals surface area contributed by atoms with Gasteiger partial charge in [-0.05, 0) is 29.5 Å². The summed E-state index contributed by atoms with van der Waals surface area (Å²) in [6, 6.07) is 18.5. The van der Waals surface area contributed by atoms with E-state index in [4.69, 9.17) is 5.11 Å². The Morgan fingerprint density at radius 2 is 1.62 bits per heavy atom. The monoisotopic (exact) mass is 435 g/mol. The zero-order valence-corrected chi connectivity index (χ0v) is 17.9. The molecule has 0 aliphatic rings. The second-order valence-electron chi connectivity index (χ2n) is 7.76. The normalized spacial score (nSPS) is 12.7. The molecular weight excluding hydrogens is 410 g/mol. The van der Waals surface area contributed by atoms with Gasteiger partial charge >= 0.3 is 11.9 Å². The number of hydrogen-bond donors (Lipinski definition) is 3. The summed E-state index contributed by atoms with van der Waals surface area (Å²) >= 11 is 0. The van der Waals surface area contributed by atoms with Crippen molar-refractivity contribution in [3.63, 3.8) is 0 Å². The van der Waals surface area contributed by atoms with Crippen LogP contribution in [0.2, 0.25) is 0 Å². The number of carbonyl (C=O) groups excluding carboxylic acids is 1. The maximum Gasteiger partial charge on any atom is 0.354 e. The van der Waals surface area contributed by atoms with Crippen LogP contribution in [-0.2, 0) is 18.3 Å². The van der Waals surface area contributed by atoms with Gasteiger partial charge in [-0.1, -0.05) is 61.5 Å². The molecule has 0 bridgehead atoms. The largest absolute Gasteiger partial charge is 0.481 e. The second-order valence-corrected chi connectivity index (χ2v) is 7.76. The molecule has 0 spiro atoms. The molecule has 0 unspecified atom stereocenters. The number of carbonyl (C=O) groups is 3. The number of hydrogen-bond acceptors (Lipinski definition) is 4. The number of aromatic carboxylic acids is 1. The first kappa shape index (κ1) is 22.7. The predicted octanol–water partition coefficient (Wildman–Crippen LogP) is 3.24. The zero-order chi connectivity index (χ0) is 23.3. The van der Waals surface area contributed by atoms with Gasteiger partial charge in [0.15, 0.2) is 5.69 Å². The van der Waals surface area contributed by atoms with Crippen molar-refractivity contribution >= 4 is 17.8 Å². The van der Waals surface area contributed by atoms with Crippen molar-refractivity contribution in [2.24, 2.45) is 13.0 Å². The van der Waals surface area contributed by atoms with Crippen molar-refractivity contribution in [1.82, 2.24) is 15.1 Å². The van der Waals surface area contributed by atoms with E-state index in [1.165, 1.54) is 13.1 Å². The summed E-state index contributed by atoms with van der Waals surface area (Å²) in [4.78, 5) is 35.3. The van der Waals surface area contributed by atoms with Crippen molar-refractivity contribution in [1.29, 1.82) is 0 Å². The van der Waals surface area contributed by atoms with Crippen molar-refractivity contribution < 1.29 is 24.6 Å². The smallest absolute Gasteiger partial charge is 0.354 e. The van der Waals surface area contributed by atoms with E-state index >= 15 is 0 Å². The van der Waals surface area contributed by atoms with Gasteiger partial charge in [-0.2, -0.15) is 5.10 Å². The number of carboxylic acids is 2. The Morgan fingerprint density at radius 1 is 1.00 bits per heavy atom. The number of amides is 1. The Morgan fingerprint density at radius 3 is 2.19 bits per heavy atom. The van der Waals surface area contributed by atoms with Gasteiger partial charge in [0.25, 0.3) is 5.91 Å². The molecule has 0 fully saturated rings. The fourth-order valence-electron chi connectivity index (χ4n) is 3.51. The summed E-state index contributed by atoms with van der Waals surface area (Å²) < 4.78 is 1.12. The molecule has 0 aliphatic carbocycles. The van der Waals surface area contributed by atoms with Gasteiger partial charge in [0.1, 0.15) is 5.69 Å². The van der Waals surface area contributed by atoms with Crippen LogP contribution in [0.4, 0.5) is 0 Å². The summed E-state index contributed by atoms with van der Waals surface area (Å²) in [5, 5.41) is 25.3. The summed E-state index contributed by atoms with van der Waals surface area (Å²) in [7, 11) is 1.44. The van der Waals surface area contributed by atoms with Gasteiger partial charge in [-0.15, -0.1) is 0 Å². The van der Waals surface area contributed by atoms with Crippen LogP contribution in [0.3, 0.4) is 0 Å². The van der Waals surface area contributed by atoms with E-state index in [-0.39, 0.29) is 17.8 Å². The fraction of sp³-hybridized carbons (Fsp3) is 0.250. The molecule has 2 atom stereocenters. The van der Waals surface area contributed by atoms with Crippen LogP contribution in [0, 0.1) is 5.92 Å². The van der Waals surface area contributed by atoms with Gasteiger partial charge in [0, 0.05) is 19.2 Å². The molecule has 166 valence electrons. The Hall–Kier alpha value is -3.94. The Labute approximate surface area is 185 Å². The molecule has 2 aromatic carbocycles. The lowest BCUT2D eigenvalue weighted by Gasteiger charge is -2.20. The van der Waals surface area contributed by atoms with Gasteiger partial charge in [0.05, 0.1) is 5.92 Å². The van der Waals surface area contributed by atoms with Crippen molar-refractivity contribution in [2.45, 2.75) is 25.8 Å². The third kappa shape index (κ3) is 5.60. The van der Waals surface area contributed by atoms with Crippen LogP contribution in [0.25, 0.3) is 11.1 Å². The summed E-state index contributed by atoms with van der Waals surface area (Å²) in [6.07, 6.45) is 0.650. The highest BCUT2D eigenvalue weighted by Crippen LogP contribution is 2.21. The molecule has 8 nitrogen and oxygen atoms in total. The lowest BCUT2D eigenvalue weighted by molar-refractivity contribution is -0.141. The zero-order valence-electron chi connectivity index (χ0n) is 17.9. The van der Waals surface area contributed by atoms with Gasteiger partial charge < -0.3 is 15.5 Å². The molecule has 8 heteroatoms. The van der Waals surface area contributed by atoms with E-state index in [0.29, 0.717) is 6.42 Å². The number of nitrogens with one attached hydrogen (secondary N) is 1. The number of aliphatic carboxylic acids is 1. The molecule has 3 rings (SSSR count). The molecule has 1 amide bonds. The molecule has 32 heavy (non-hydrogen) atoms. The number of rotatable bonds is 9. The Kier molecular flexibility index (Phi) is 7.04. The highest BCUT2D eigenvalue weighted by atomic mass is 16.4. The van der Waals surface area contributed by atoms with Crippen molar-refractivity contribution in [2.75, 3.05) is 0 Å². The van der Waals surface area contributed by atoms with E-state index in [9.17, 15) is 19.5 Å². The number of carboxylic acid groups (broad SMARTS) is 2. The van der Waals surface area contributed by atoms with E-state index in [2.05, 4.69) is 10.4 Å². The average molecular weight is 435 g/mol. The quantitative estimate of drug-likeness (QED) is 0.474. The maximum absolute atomic E-state index is 12.7.